The summed E-state index contributed by atoms with van der Waals surface area (Å²) in [5, 5.41) is 11.6. The zero-order valence-electron chi connectivity index (χ0n) is 18.7. The number of rotatable bonds is 5. The van der Waals surface area contributed by atoms with Crippen LogP contribution < -0.4 is 0 Å². The minimum absolute atomic E-state index is 0.0123. The number of halogens is 1. The SMILES string of the molecule is Cc1c(C2CCN(S(=O)(=O)c3cccc4ccccc34)CC2)c2cc(F)ccc2n1CC(=O)O. The molecule has 8 heteroatoms. The fraction of sp³-hybridized carbons (Fsp3) is 0.269. The van der Waals surface area contributed by atoms with Gasteiger partial charge < -0.3 is 9.67 Å². The highest BCUT2D eigenvalue weighted by Gasteiger charge is 2.33. The summed E-state index contributed by atoms with van der Waals surface area (Å²) >= 11 is 0. The molecule has 0 unspecified atom stereocenters. The molecule has 1 aromatic heterocycles. The molecule has 1 N–H and O–H groups in total. The maximum Gasteiger partial charge on any atom is 0.323 e. The Morgan fingerprint density at radius 1 is 1.03 bits per heavy atom. The first-order valence-electron chi connectivity index (χ1n) is 11.3. The van der Waals surface area contributed by atoms with Crippen LogP contribution in [-0.2, 0) is 21.4 Å². The Morgan fingerprint density at radius 3 is 2.47 bits per heavy atom. The van der Waals surface area contributed by atoms with Gasteiger partial charge in [-0.1, -0.05) is 36.4 Å². The Hall–Kier alpha value is -3.23. The van der Waals surface area contributed by atoms with Crippen molar-refractivity contribution in [2.45, 2.75) is 37.1 Å². The molecule has 1 aliphatic rings. The molecule has 1 aliphatic heterocycles. The van der Waals surface area contributed by atoms with Gasteiger partial charge in [-0.25, -0.2) is 12.8 Å². The van der Waals surface area contributed by atoms with Gasteiger partial charge in [0.2, 0.25) is 10.0 Å². The molecule has 4 aromatic rings. The lowest BCUT2D eigenvalue weighted by Crippen LogP contribution is -2.38. The average molecular weight is 481 g/mol. The molecular formula is C26H25FN2O4S. The fourth-order valence-corrected chi connectivity index (χ4v) is 6.96. The number of carboxylic acid groups (broad SMARTS) is 1. The van der Waals surface area contributed by atoms with Crippen LogP contribution in [0.5, 0.6) is 0 Å². The maximum atomic E-state index is 14.1. The van der Waals surface area contributed by atoms with E-state index in [1.165, 1.54) is 16.4 Å². The van der Waals surface area contributed by atoms with Gasteiger partial charge in [-0.15, -0.1) is 0 Å². The van der Waals surface area contributed by atoms with Crippen molar-refractivity contribution < 1.29 is 22.7 Å². The predicted octanol–water partition coefficient (Wildman–Crippen LogP) is 4.89. The molecule has 0 amide bonds. The van der Waals surface area contributed by atoms with Gasteiger partial charge in [-0.2, -0.15) is 4.31 Å². The van der Waals surface area contributed by atoms with E-state index in [0.29, 0.717) is 47.1 Å². The van der Waals surface area contributed by atoms with Gasteiger partial charge in [0.25, 0.3) is 0 Å². The Bertz CT molecular complexity index is 1510. The van der Waals surface area contributed by atoms with Crippen molar-refractivity contribution in [2.24, 2.45) is 0 Å². The predicted molar refractivity (Wildman–Crippen MR) is 129 cm³/mol. The summed E-state index contributed by atoms with van der Waals surface area (Å²) in [6.45, 7) is 2.34. The summed E-state index contributed by atoms with van der Waals surface area (Å²) in [4.78, 5) is 11.7. The molecule has 5 rings (SSSR count). The van der Waals surface area contributed by atoms with Crippen LogP contribution in [0.4, 0.5) is 4.39 Å². The minimum Gasteiger partial charge on any atom is -0.480 e. The van der Waals surface area contributed by atoms with E-state index in [4.69, 9.17) is 0 Å². The number of aliphatic carboxylic acids is 1. The minimum atomic E-state index is -3.67. The normalized spacial score (nSPS) is 15.8. The Kier molecular flexibility index (Phi) is 5.65. The number of fused-ring (bicyclic) bond motifs is 2. The lowest BCUT2D eigenvalue weighted by Gasteiger charge is -2.32. The third-order valence-corrected chi connectivity index (χ3v) is 8.81. The van der Waals surface area contributed by atoms with Crippen LogP contribution in [0.15, 0.2) is 65.6 Å². The number of carboxylic acids is 1. The van der Waals surface area contributed by atoms with E-state index >= 15 is 0 Å². The van der Waals surface area contributed by atoms with Crippen LogP contribution in [0.1, 0.15) is 30.0 Å². The number of hydrogen-bond donors (Lipinski definition) is 1. The number of nitrogens with zero attached hydrogens (tertiary/aromatic N) is 2. The topological polar surface area (TPSA) is 79.6 Å². The molecule has 6 nitrogen and oxygen atoms in total. The van der Waals surface area contributed by atoms with Gasteiger partial charge in [-0.3, -0.25) is 4.79 Å². The summed E-state index contributed by atoms with van der Waals surface area (Å²) in [5.41, 5.74) is 2.39. The quantitative estimate of drug-likeness (QED) is 0.441. The van der Waals surface area contributed by atoms with Crippen LogP contribution in [0.2, 0.25) is 0 Å². The van der Waals surface area contributed by atoms with Gasteiger partial charge in [0.05, 0.1) is 4.90 Å². The first-order chi connectivity index (χ1) is 16.3. The molecule has 1 fully saturated rings. The Morgan fingerprint density at radius 2 is 1.74 bits per heavy atom. The summed E-state index contributed by atoms with van der Waals surface area (Å²) in [6.07, 6.45) is 1.15. The lowest BCUT2D eigenvalue weighted by atomic mass is 9.88. The number of benzene rings is 3. The van der Waals surface area contributed by atoms with Crippen molar-refractivity contribution in [2.75, 3.05) is 13.1 Å². The standard InChI is InChI=1S/C26H25FN2O4S/c1-17-26(22-15-20(27)9-10-23(22)29(17)16-25(30)31)19-11-13-28(14-12-19)34(32,33)24-8-4-6-18-5-2-3-7-21(18)24/h2-10,15,19H,11-14,16H2,1H3,(H,30,31). The van der Waals surface area contributed by atoms with Crippen LogP contribution in [0.25, 0.3) is 21.7 Å². The fourth-order valence-electron chi connectivity index (χ4n) is 5.28. The highest BCUT2D eigenvalue weighted by atomic mass is 32.2. The van der Waals surface area contributed by atoms with Crippen LogP contribution >= 0.6 is 0 Å². The zero-order chi connectivity index (χ0) is 24.0. The second-order valence-corrected chi connectivity index (χ2v) is 10.7. The molecule has 0 atom stereocenters. The summed E-state index contributed by atoms with van der Waals surface area (Å²) < 4.78 is 44.3. The molecular weight excluding hydrogens is 455 g/mol. The first kappa shape index (κ1) is 22.6. The zero-order valence-corrected chi connectivity index (χ0v) is 19.6. The molecule has 0 radical (unpaired) electrons. The van der Waals surface area contributed by atoms with E-state index in [-0.39, 0.29) is 18.3 Å². The van der Waals surface area contributed by atoms with Crippen molar-refractivity contribution in [3.63, 3.8) is 0 Å². The van der Waals surface area contributed by atoms with Gasteiger partial charge in [-0.05, 0) is 60.9 Å². The monoisotopic (exact) mass is 480 g/mol. The van der Waals surface area contributed by atoms with E-state index in [2.05, 4.69) is 0 Å². The van der Waals surface area contributed by atoms with E-state index in [1.807, 2.05) is 37.3 Å². The number of carbonyl (C=O) groups is 1. The third-order valence-electron chi connectivity index (χ3n) is 6.86. The molecule has 0 saturated carbocycles. The van der Waals surface area contributed by atoms with Crippen molar-refractivity contribution in [3.05, 3.63) is 77.7 Å². The lowest BCUT2D eigenvalue weighted by molar-refractivity contribution is -0.137. The van der Waals surface area contributed by atoms with Gasteiger partial charge in [0, 0.05) is 35.1 Å². The van der Waals surface area contributed by atoms with E-state index in [0.717, 1.165) is 16.6 Å². The molecule has 176 valence electrons. The van der Waals surface area contributed by atoms with Crippen molar-refractivity contribution >= 4 is 37.7 Å². The largest absolute Gasteiger partial charge is 0.480 e. The highest BCUT2D eigenvalue weighted by molar-refractivity contribution is 7.89. The Labute approximate surface area is 197 Å². The van der Waals surface area contributed by atoms with Crippen LogP contribution in [0, 0.1) is 12.7 Å². The van der Waals surface area contributed by atoms with Gasteiger partial charge in [0.1, 0.15) is 12.4 Å². The van der Waals surface area contributed by atoms with Crippen LogP contribution in [0.3, 0.4) is 0 Å². The number of piperidine rings is 1. The first-order valence-corrected chi connectivity index (χ1v) is 12.7. The summed E-state index contributed by atoms with van der Waals surface area (Å²) in [5.74, 6) is -1.33. The number of hydrogen-bond acceptors (Lipinski definition) is 3. The number of aromatic nitrogens is 1. The maximum absolute atomic E-state index is 14.1. The van der Waals surface area contributed by atoms with Crippen molar-refractivity contribution in [3.8, 4) is 0 Å². The smallest absolute Gasteiger partial charge is 0.323 e. The molecule has 0 bridgehead atoms. The molecule has 1 saturated heterocycles. The molecule has 2 heterocycles. The summed E-state index contributed by atoms with van der Waals surface area (Å²) in [7, 11) is -3.67. The van der Waals surface area contributed by atoms with E-state index in [1.54, 1.807) is 22.8 Å². The molecule has 3 aromatic carbocycles. The van der Waals surface area contributed by atoms with Crippen molar-refractivity contribution in [1.29, 1.82) is 0 Å². The van der Waals surface area contributed by atoms with Gasteiger partial charge >= 0.3 is 5.97 Å². The number of sulfonamides is 1. The Balaban J connectivity index is 1.46. The summed E-state index contributed by atoms with van der Waals surface area (Å²) in [6, 6.07) is 17.2. The second-order valence-electron chi connectivity index (χ2n) is 8.80. The van der Waals surface area contributed by atoms with Crippen molar-refractivity contribution in [1.82, 2.24) is 8.87 Å². The van der Waals surface area contributed by atoms with Gasteiger partial charge in [0.15, 0.2) is 0 Å². The molecule has 34 heavy (non-hydrogen) atoms. The molecule has 0 spiro atoms. The third kappa shape index (κ3) is 3.76. The average Bonchev–Trinajstić information content (AvgIpc) is 3.08. The highest BCUT2D eigenvalue weighted by Crippen LogP contribution is 2.39. The van der Waals surface area contributed by atoms with E-state index in [9.17, 15) is 22.7 Å². The molecule has 0 aliphatic carbocycles. The van der Waals surface area contributed by atoms with E-state index < -0.39 is 16.0 Å². The van der Waals surface area contributed by atoms with Crippen LogP contribution in [-0.4, -0.2) is 41.5 Å². The second kappa shape index (κ2) is 8.52.